The number of nitrogens with two attached hydrogens (primary N) is 1. The molecule has 0 radical (unpaired) electrons. The largest absolute Gasteiger partial charge is 0.480 e. The third-order valence-corrected chi connectivity index (χ3v) is 2.57. The van der Waals surface area contributed by atoms with Crippen LogP contribution in [0.5, 0.6) is 0 Å². The number of amides is 3. The predicted octanol–water partition coefficient (Wildman–Crippen LogP) is -3.96. The first-order valence-corrected chi connectivity index (χ1v) is 6.49. The SMILES string of the molecule is N[C@@H](CO)C(=O)NCC(=O)N[C@@H](CS)C(=O)NCC(=O)O. The molecule has 0 aromatic rings. The van der Waals surface area contributed by atoms with E-state index in [4.69, 9.17) is 15.9 Å². The van der Waals surface area contributed by atoms with Gasteiger partial charge in [0.25, 0.3) is 0 Å². The first-order chi connectivity index (χ1) is 9.81. The van der Waals surface area contributed by atoms with Crippen LogP contribution in [0, 0.1) is 0 Å². The van der Waals surface area contributed by atoms with Crippen molar-refractivity contribution in [1.82, 2.24) is 16.0 Å². The van der Waals surface area contributed by atoms with Crippen molar-refractivity contribution in [2.45, 2.75) is 12.1 Å². The van der Waals surface area contributed by atoms with Gasteiger partial charge in [0.1, 0.15) is 18.6 Å². The molecule has 0 heterocycles. The number of aliphatic hydroxyl groups excluding tert-OH is 1. The molecule has 0 fully saturated rings. The first-order valence-electron chi connectivity index (χ1n) is 5.85. The summed E-state index contributed by atoms with van der Waals surface area (Å²) in [7, 11) is 0. The van der Waals surface area contributed by atoms with Gasteiger partial charge in [-0.3, -0.25) is 19.2 Å². The fraction of sp³-hybridized carbons (Fsp3) is 0.600. The number of nitrogens with one attached hydrogen (secondary N) is 3. The van der Waals surface area contributed by atoms with Crippen LogP contribution in [-0.4, -0.2) is 71.4 Å². The molecule has 3 amide bonds. The van der Waals surface area contributed by atoms with Crippen molar-refractivity contribution in [3.63, 3.8) is 0 Å². The topological polar surface area (TPSA) is 171 Å². The van der Waals surface area contributed by atoms with E-state index in [0.717, 1.165) is 0 Å². The van der Waals surface area contributed by atoms with Gasteiger partial charge in [-0.1, -0.05) is 0 Å². The van der Waals surface area contributed by atoms with Crippen LogP contribution in [0.1, 0.15) is 0 Å². The number of hydrogen-bond donors (Lipinski definition) is 7. The molecule has 11 heteroatoms. The Morgan fingerprint density at radius 3 is 2.14 bits per heavy atom. The Morgan fingerprint density at radius 2 is 1.67 bits per heavy atom. The molecule has 0 spiro atoms. The fourth-order valence-corrected chi connectivity index (χ4v) is 1.36. The Hall–Kier alpha value is -1.85. The van der Waals surface area contributed by atoms with Crippen LogP contribution in [0.3, 0.4) is 0 Å². The monoisotopic (exact) mass is 322 g/mol. The molecule has 0 bridgehead atoms. The zero-order valence-electron chi connectivity index (χ0n) is 11.0. The zero-order valence-corrected chi connectivity index (χ0v) is 11.9. The molecule has 10 nitrogen and oxygen atoms in total. The Morgan fingerprint density at radius 1 is 1.10 bits per heavy atom. The Labute approximate surface area is 125 Å². The number of carboxylic acid groups (broad SMARTS) is 1. The van der Waals surface area contributed by atoms with Gasteiger partial charge >= 0.3 is 5.97 Å². The molecule has 7 N–H and O–H groups in total. The van der Waals surface area contributed by atoms with Gasteiger partial charge < -0.3 is 31.9 Å². The van der Waals surface area contributed by atoms with Crippen molar-refractivity contribution in [1.29, 1.82) is 0 Å². The minimum Gasteiger partial charge on any atom is -0.480 e. The summed E-state index contributed by atoms with van der Waals surface area (Å²) in [5, 5.41) is 23.6. The quantitative estimate of drug-likeness (QED) is 0.212. The molecule has 0 aliphatic rings. The van der Waals surface area contributed by atoms with Crippen LogP contribution in [-0.2, 0) is 19.2 Å². The lowest BCUT2D eigenvalue weighted by molar-refractivity contribution is -0.138. The summed E-state index contributed by atoms with van der Waals surface area (Å²) in [4.78, 5) is 44.6. The van der Waals surface area contributed by atoms with Crippen molar-refractivity contribution in [3.8, 4) is 0 Å². The molecule has 120 valence electrons. The number of aliphatic hydroxyl groups is 1. The molecular weight excluding hydrogens is 304 g/mol. The first kappa shape index (κ1) is 19.1. The van der Waals surface area contributed by atoms with Crippen LogP contribution >= 0.6 is 12.6 Å². The van der Waals surface area contributed by atoms with Crippen LogP contribution in [0.4, 0.5) is 0 Å². The molecule has 21 heavy (non-hydrogen) atoms. The number of thiol groups is 1. The maximum Gasteiger partial charge on any atom is 0.322 e. The van der Waals surface area contributed by atoms with E-state index in [1.807, 2.05) is 0 Å². The molecule has 0 rings (SSSR count). The van der Waals surface area contributed by atoms with Gasteiger partial charge in [0.05, 0.1) is 13.2 Å². The average molecular weight is 322 g/mol. The van der Waals surface area contributed by atoms with E-state index in [1.165, 1.54) is 0 Å². The van der Waals surface area contributed by atoms with Crippen LogP contribution in [0.15, 0.2) is 0 Å². The minimum absolute atomic E-state index is 0.0543. The summed E-state index contributed by atoms with van der Waals surface area (Å²) < 4.78 is 0. The third-order valence-electron chi connectivity index (χ3n) is 2.20. The van der Waals surface area contributed by atoms with E-state index in [-0.39, 0.29) is 5.75 Å². The van der Waals surface area contributed by atoms with Gasteiger partial charge in [-0.2, -0.15) is 12.6 Å². The number of carboxylic acids is 1. The van der Waals surface area contributed by atoms with Gasteiger partial charge in [0, 0.05) is 5.75 Å². The van der Waals surface area contributed by atoms with Gasteiger partial charge in [0.2, 0.25) is 17.7 Å². The molecule has 0 aliphatic carbocycles. The Bertz CT molecular complexity index is 405. The smallest absolute Gasteiger partial charge is 0.322 e. The predicted molar refractivity (Wildman–Crippen MR) is 74.5 cm³/mol. The second kappa shape index (κ2) is 9.96. The van der Waals surface area contributed by atoms with Crippen LogP contribution < -0.4 is 21.7 Å². The van der Waals surface area contributed by atoms with E-state index >= 15 is 0 Å². The average Bonchev–Trinajstić information content (AvgIpc) is 2.46. The molecule has 0 saturated carbocycles. The van der Waals surface area contributed by atoms with Gasteiger partial charge in [-0.25, -0.2) is 0 Å². The highest BCUT2D eigenvalue weighted by atomic mass is 32.1. The van der Waals surface area contributed by atoms with Crippen molar-refractivity contribution in [3.05, 3.63) is 0 Å². The lowest BCUT2D eigenvalue weighted by atomic mass is 10.3. The van der Waals surface area contributed by atoms with E-state index in [9.17, 15) is 19.2 Å². The number of aliphatic carboxylic acids is 1. The molecule has 0 aromatic heterocycles. The number of hydrogen-bond acceptors (Lipinski definition) is 7. The second-order valence-corrected chi connectivity index (χ2v) is 4.29. The van der Waals surface area contributed by atoms with Crippen molar-refractivity contribution < 1.29 is 29.4 Å². The molecule has 0 unspecified atom stereocenters. The maximum atomic E-state index is 11.5. The Kier molecular flexibility index (Phi) is 9.08. The van der Waals surface area contributed by atoms with Gasteiger partial charge in [-0.15, -0.1) is 0 Å². The second-order valence-electron chi connectivity index (χ2n) is 3.92. The maximum absolute atomic E-state index is 11.5. The summed E-state index contributed by atoms with van der Waals surface area (Å²) >= 11 is 3.87. The van der Waals surface area contributed by atoms with E-state index in [2.05, 4.69) is 28.6 Å². The highest BCUT2D eigenvalue weighted by molar-refractivity contribution is 7.80. The number of carbonyl (C=O) groups excluding carboxylic acids is 3. The highest BCUT2D eigenvalue weighted by Gasteiger charge is 2.20. The molecule has 0 aromatic carbocycles. The van der Waals surface area contributed by atoms with Crippen LogP contribution in [0.2, 0.25) is 0 Å². The van der Waals surface area contributed by atoms with Crippen molar-refractivity contribution in [2.75, 3.05) is 25.4 Å². The molecule has 0 aliphatic heterocycles. The minimum atomic E-state index is -1.22. The Balaban J connectivity index is 4.23. The normalized spacial score (nSPS) is 12.9. The summed E-state index contributed by atoms with van der Waals surface area (Å²) in [6.45, 7) is -1.59. The third kappa shape index (κ3) is 8.12. The summed E-state index contributed by atoms with van der Waals surface area (Å²) in [6.07, 6.45) is 0. The summed E-state index contributed by atoms with van der Waals surface area (Å²) in [6, 6.07) is -2.18. The summed E-state index contributed by atoms with van der Waals surface area (Å²) in [5.41, 5.74) is 5.22. The highest BCUT2D eigenvalue weighted by Crippen LogP contribution is 1.89. The van der Waals surface area contributed by atoms with Gasteiger partial charge in [-0.05, 0) is 0 Å². The van der Waals surface area contributed by atoms with Crippen LogP contribution in [0.25, 0.3) is 0 Å². The zero-order chi connectivity index (χ0) is 16.4. The number of rotatable bonds is 9. The van der Waals surface area contributed by atoms with E-state index in [1.54, 1.807) is 0 Å². The molecule has 0 saturated heterocycles. The van der Waals surface area contributed by atoms with E-state index in [0.29, 0.717) is 0 Å². The lowest BCUT2D eigenvalue weighted by Gasteiger charge is -2.16. The van der Waals surface area contributed by atoms with E-state index < -0.39 is 55.5 Å². The molecular formula is C10H18N4O6S. The molecule has 2 atom stereocenters. The lowest BCUT2D eigenvalue weighted by Crippen LogP contribution is -2.52. The fourth-order valence-electron chi connectivity index (χ4n) is 1.11. The van der Waals surface area contributed by atoms with Gasteiger partial charge in [0.15, 0.2) is 0 Å². The van der Waals surface area contributed by atoms with Crippen molar-refractivity contribution in [2.24, 2.45) is 5.73 Å². The summed E-state index contributed by atoms with van der Waals surface area (Å²) in [5.74, 6) is -3.39. The van der Waals surface area contributed by atoms with Crippen molar-refractivity contribution >= 4 is 36.3 Å². The number of carbonyl (C=O) groups is 4. The standard InChI is InChI=1S/C10H18N4O6S/c11-5(3-15)9(19)12-1-7(16)14-6(4-21)10(20)13-2-8(17)18/h5-6,15,21H,1-4,11H2,(H,12,19)(H,13,20)(H,14,16)(H,17,18)/t5-,6-/m0/s1.